The Morgan fingerprint density at radius 2 is 1.95 bits per heavy atom. The summed E-state index contributed by atoms with van der Waals surface area (Å²) in [5.74, 6) is 1.72. The van der Waals surface area contributed by atoms with E-state index in [1.54, 1.807) is 14.2 Å². The van der Waals surface area contributed by atoms with E-state index >= 15 is 0 Å². The summed E-state index contributed by atoms with van der Waals surface area (Å²) in [7, 11) is 3.38. The molecule has 0 saturated carbocycles. The molecule has 0 spiro atoms. The van der Waals surface area contributed by atoms with Crippen molar-refractivity contribution in [3.63, 3.8) is 0 Å². The molecule has 0 aromatic heterocycles. The molecule has 2 N–H and O–H groups in total. The van der Waals surface area contributed by atoms with Crippen LogP contribution in [0.15, 0.2) is 18.2 Å². The van der Waals surface area contributed by atoms with Gasteiger partial charge in [-0.05, 0) is 45.0 Å². The smallest absolute Gasteiger partial charge is 0.127 e. The van der Waals surface area contributed by atoms with Crippen LogP contribution in [-0.2, 0) is 0 Å². The standard InChI is InChI=1S/C15H24N2O2/c1-18-12-5-6-13(15(11-12)19-2)14(7-8-16)17-9-3-4-10-17/h5-6,11,14H,3-4,7-10,16H2,1-2H3. The van der Waals surface area contributed by atoms with Crippen molar-refractivity contribution in [1.82, 2.24) is 4.90 Å². The third kappa shape index (κ3) is 3.19. The molecule has 4 heteroatoms. The highest BCUT2D eigenvalue weighted by Gasteiger charge is 2.25. The Labute approximate surface area is 115 Å². The number of benzene rings is 1. The third-order valence-corrected chi connectivity index (χ3v) is 3.82. The molecule has 1 aromatic rings. The zero-order chi connectivity index (χ0) is 13.7. The molecule has 1 unspecified atom stereocenters. The average Bonchev–Trinajstić information content (AvgIpc) is 2.98. The van der Waals surface area contributed by atoms with Gasteiger partial charge < -0.3 is 15.2 Å². The van der Waals surface area contributed by atoms with Crippen LogP contribution in [0.5, 0.6) is 11.5 Å². The fraction of sp³-hybridized carbons (Fsp3) is 0.600. The molecule has 1 aliphatic heterocycles. The van der Waals surface area contributed by atoms with Crippen LogP contribution in [-0.4, -0.2) is 38.8 Å². The van der Waals surface area contributed by atoms with Gasteiger partial charge in [-0.1, -0.05) is 6.07 Å². The monoisotopic (exact) mass is 264 g/mol. The summed E-state index contributed by atoms with van der Waals surface area (Å²) >= 11 is 0. The van der Waals surface area contributed by atoms with Gasteiger partial charge in [0.2, 0.25) is 0 Å². The highest BCUT2D eigenvalue weighted by atomic mass is 16.5. The molecule has 1 aliphatic rings. The van der Waals surface area contributed by atoms with Crippen LogP contribution in [0.25, 0.3) is 0 Å². The van der Waals surface area contributed by atoms with Gasteiger partial charge in [-0.15, -0.1) is 0 Å². The summed E-state index contributed by atoms with van der Waals surface area (Å²) in [5.41, 5.74) is 7.01. The normalized spacial score (nSPS) is 17.4. The predicted octanol–water partition coefficient (Wildman–Crippen LogP) is 2.19. The van der Waals surface area contributed by atoms with Crippen molar-refractivity contribution in [1.29, 1.82) is 0 Å². The zero-order valence-corrected chi connectivity index (χ0v) is 11.9. The number of methoxy groups -OCH3 is 2. The summed E-state index contributed by atoms with van der Waals surface area (Å²) in [6.07, 6.45) is 3.52. The Morgan fingerprint density at radius 1 is 1.21 bits per heavy atom. The SMILES string of the molecule is COc1ccc(C(CCN)N2CCCC2)c(OC)c1. The number of rotatable bonds is 6. The number of hydrogen-bond acceptors (Lipinski definition) is 4. The minimum Gasteiger partial charge on any atom is -0.497 e. The first-order valence-corrected chi connectivity index (χ1v) is 6.96. The number of nitrogens with zero attached hydrogens (tertiary/aromatic N) is 1. The van der Waals surface area contributed by atoms with Crippen LogP contribution in [0.2, 0.25) is 0 Å². The van der Waals surface area contributed by atoms with Gasteiger partial charge in [0.05, 0.1) is 14.2 Å². The van der Waals surface area contributed by atoms with E-state index in [4.69, 9.17) is 15.2 Å². The van der Waals surface area contributed by atoms with Crippen LogP contribution in [0, 0.1) is 0 Å². The van der Waals surface area contributed by atoms with Gasteiger partial charge in [0.15, 0.2) is 0 Å². The summed E-state index contributed by atoms with van der Waals surface area (Å²) in [5, 5.41) is 0. The highest BCUT2D eigenvalue weighted by molar-refractivity contribution is 5.42. The van der Waals surface area contributed by atoms with Crippen LogP contribution in [0.4, 0.5) is 0 Å². The van der Waals surface area contributed by atoms with E-state index in [1.807, 2.05) is 12.1 Å². The number of nitrogens with two attached hydrogens (primary N) is 1. The van der Waals surface area contributed by atoms with E-state index in [2.05, 4.69) is 11.0 Å². The third-order valence-electron chi connectivity index (χ3n) is 3.82. The van der Waals surface area contributed by atoms with Crippen LogP contribution in [0.1, 0.15) is 30.9 Å². The Bertz CT molecular complexity index is 403. The topological polar surface area (TPSA) is 47.7 Å². The summed E-state index contributed by atoms with van der Waals surface area (Å²) in [6, 6.07) is 6.41. The Balaban J connectivity index is 2.29. The number of ether oxygens (including phenoxy) is 2. The lowest BCUT2D eigenvalue weighted by Gasteiger charge is -2.29. The van der Waals surface area contributed by atoms with E-state index in [-0.39, 0.29) is 0 Å². The van der Waals surface area contributed by atoms with E-state index in [0.717, 1.165) is 31.0 Å². The molecule has 106 valence electrons. The van der Waals surface area contributed by atoms with Gasteiger partial charge in [0.25, 0.3) is 0 Å². The van der Waals surface area contributed by atoms with Gasteiger partial charge in [0.1, 0.15) is 11.5 Å². The molecule has 1 atom stereocenters. The Kier molecular flexibility index (Phi) is 5.05. The van der Waals surface area contributed by atoms with Crippen molar-refractivity contribution in [3.8, 4) is 11.5 Å². The molecule has 1 aromatic carbocycles. The average molecular weight is 264 g/mol. The predicted molar refractivity (Wildman–Crippen MR) is 76.8 cm³/mol. The van der Waals surface area contributed by atoms with Crippen molar-refractivity contribution in [2.45, 2.75) is 25.3 Å². The van der Waals surface area contributed by atoms with Crippen molar-refractivity contribution in [2.24, 2.45) is 5.73 Å². The van der Waals surface area contributed by atoms with Gasteiger partial charge >= 0.3 is 0 Å². The number of hydrogen-bond donors (Lipinski definition) is 1. The number of likely N-dealkylation sites (tertiary alicyclic amines) is 1. The van der Waals surface area contributed by atoms with E-state index in [1.165, 1.54) is 18.4 Å². The Morgan fingerprint density at radius 3 is 2.53 bits per heavy atom. The minimum absolute atomic E-state index is 0.355. The quantitative estimate of drug-likeness (QED) is 0.855. The molecule has 1 fully saturated rings. The molecule has 0 aliphatic carbocycles. The Hall–Kier alpha value is -1.26. The van der Waals surface area contributed by atoms with Gasteiger partial charge in [-0.25, -0.2) is 0 Å². The molecule has 0 radical (unpaired) electrons. The maximum Gasteiger partial charge on any atom is 0.127 e. The fourth-order valence-corrected chi connectivity index (χ4v) is 2.84. The van der Waals surface area contributed by atoms with Crippen molar-refractivity contribution in [2.75, 3.05) is 33.9 Å². The second kappa shape index (κ2) is 6.78. The lowest BCUT2D eigenvalue weighted by atomic mass is 10.0. The molecule has 2 rings (SSSR count). The van der Waals surface area contributed by atoms with E-state index in [9.17, 15) is 0 Å². The maximum atomic E-state index is 5.79. The van der Waals surface area contributed by atoms with E-state index < -0.39 is 0 Å². The molecule has 0 bridgehead atoms. The first-order chi connectivity index (χ1) is 9.30. The molecular weight excluding hydrogens is 240 g/mol. The first-order valence-electron chi connectivity index (χ1n) is 6.96. The first kappa shape index (κ1) is 14.2. The van der Waals surface area contributed by atoms with Crippen LogP contribution < -0.4 is 15.2 Å². The largest absolute Gasteiger partial charge is 0.497 e. The van der Waals surface area contributed by atoms with Gasteiger partial charge in [-0.2, -0.15) is 0 Å². The summed E-state index contributed by atoms with van der Waals surface area (Å²) < 4.78 is 10.8. The minimum atomic E-state index is 0.355. The highest BCUT2D eigenvalue weighted by Crippen LogP contribution is 2.35. The molecule has 1 saturated heterocycles. The lowest BCUT2D eigenvalue weighted by Crippen LogP contribution is -2.28. The van der Waals surface area contributed by atoms with Crippen molar-refractivity contribution < 1.29 is 9.47 Å². The van der Waals surface area contributed by atoms with Crippen molar-refractivity contribution >= 4 is 0 Å². The zero-order valence-electron chi connectivity index (χ0n) is 11.9. The van der Waals surface area contributed by atoms with Gasteiger partial charge in [0, 0.05) is 17.7 Å². The van der Waals surface area contributed by atoms with Crippen molar-refractivity contribution in [3.05, 3.63) is 23.8 Å². The fourth-order valence-electron chi connectivity index (χ4n) is 2.84. The van der Waals surface area contributed by atoms with Crippen LogP contribution >= 0.6 is 0 Å². The molecule has 0 amide bonds. The molecular formula is C15H24N2O2. The van der Waals surface area contributed by atoms with Gasteiger partial charge in [-0.3, -0.25) is 4.90 Å². The lowest BCUT2D eigenvalue weighted by molar-refractivity contribution is 0.230. The maximum absolute atomic E-state index is 5.79. The second-order valence-corrected chi connectivity index (χ2v) is 4.94. The molecule has 19 heavy (non-hydrogen) atoms. The second-order valence-electron chi connectivity index (χ2n) is 4.94. The van der Waals surface area contributed by atoms with Crippen LogP contribution in [0.3, 0.4) is 0 Å². The van der Waals surface area contributed by atoms with E-state index in [0.29, 0.717) is 12.6 Å². The molecule has 1 heterocycles. The summed E-state index contributed by atoms with van der Waals surface area (Å²) in [4.78, 5) is 2.51. The molecule has 4 nitrogen and oxygen atoms in total. The summed E-state index contributed by atoms with van der Waals surface area (Å²) in [6.45, 7) is 3.00.